The zero-order chi connectivity index (χ0) is 6.41. The fourth-order valence-corrected chi connectivity index (χ4v) is 0.238. The second kappa shape index (κ2) is 4.99. The molecule has 0 radical (unpaired) electrons. The lowest BCUT2D eigenvalue weighted by Gasteiger charge is -2.04. The molecule has 4 heteroatoms. The summed E-state index contributed by atoms with van der Waals surface area (Å²) in [5, 5.41) is 8.45. The quantitative estimate of drug-likeness (QED) is 0.248. The lowest BCUT2D eigenvalue weighted by Crippen LogP contribution is -2.26. The summed E-state index contributed by atoms with van der Waals surface area (Å²) in [5.41, 5.74) is 7.55. The summed E-state index contributed by atoms with van der Waals surface area (Å²) in [5.74, 6) is 0. The van der Waals surface area contributed by atoms with Crippen LogP contribution < -0.4 is 11.2 Å². The number of nitrogens with two attached hydrogens (primary N) is 1. The van der Waals surface area contributed by atoms with E-state index in [9.17, 15) is 0 Å². The van der Waals surface area contributed by atoms with Gasteiger partial charge in [-0.3, -0.25) is 4.84 Å². The first-order chi connectivity index (χ1) is 3.77. The molecule has 0 rings (SSSR count). The maximum absolute atomic E-state index is 8.45. The molecule has 0 amide bonds. The Balaban J connectivity index is 2.72. The molecule has 0 spiro atoms. The topological polar surface area (TPSA) is 67.5 Å². The number of hydrogen-bond acceptors (Lipinski definition) is 4. The van der Waals surface area contributed by atoms with Crippen molar-refractivity contribution in [3.05, 3.63) is 0 Å². The molecule has 0 aromatic heterocycles. The van der Waals surface area contributed by atoms with E-state index in [0.29, 0.717) is 13.1 Å². The zero-order valence-corrected chi connectivity index (χ0v) is 4.92. The Bertz CT molecular complexity index is 49.3. The van der Waals surface area contributed by atoms with Gasteiger partial charge in [0, 0.05) is 13.1 Å². The number of hydrogen-bond donors (Lipinski definition) is 3. The van der Waals surface area contributed by atoms with Crippen LogP contribution in [0.2, 0.25) is 0 Å². The van der Waals surface area contributed by atoms with Gasteiger partial charge < -0.3 is 10.8 Å². The molecule has 0 heterocycles. The molecular formula is C4H12N2O2. The van der Waals surface area contributed by atoms with Crippen LogP contribution in [-0.2, 0) is 4.84 Å². The van der Waals surface area contributed by atoms with Crippen molar-refractivity contribution < 1.29 is 9.94 Å². The fraction of sp³-hybridized carbons (Fsp3) is 1.00. The molecule has 0 saturated heterocycles. The third kappa shape index (κ3) is 5.84. The van der Waals surface area contributed by atoms with Gasteiger partial charge in [0.2, 0.25) is 0 Å². The Morgan fingerprint density at radius 2 is 2.50 bits per heavy atom. The summed E-state index contributed by atoms with van der Waals surface area (Å²) < 4.78 is 0. The fourth-order valence-electron chi connectivity index (χ4n) is 0.238. The monoisotopic (exact) mass is 120 g/mol. The smallest absolute Gasteiger partial charge is 0.171 e. The van der Waals surface area contributed by atoms with Crippen molar-refractivity contribution in [2.24, 2.45) is 5.73 Å². The molecule has 0 aromatic carbocycles. The van der Waals surface area contributed by atoms with Gasteiger partial charge in [-0.2, -0.15) is 5.48 Å². The van der Waals surface area contributed by atoms with Gasteiger partial charge in [-0.05, 0) is 6.92 Å². The molecule has 4 nitrogen and oxygen atoms in total. The first-order valence-corrected chi connectivity index (χ1v) is 2.54. The van der Waals surface area contributed by atoms with Crippen LogP contribution >= 0.6 is 0 Å². The minimum atomic E-state index is -0.762. The lowest BCUT2D eigenvalue weighted by molar-refractivity contribution is -0.133. The molecule has 0 aliphatic rings. The summed E-state index contributed by atoms with van der Waals surface area (Å²) in [7, 11) is 0. The van der Waals surface area contributed by atoms with Crippen molar-refractivity contribution in [2.45, 2.75) is 13.2 Å². The Kier molecular flexibility index (Phi) is 4.89. The first-order valence-electron chi connectivity index (χ1n) is 2.54. The largest absolute Gasteiger partial charge is 0.367 e. The maximum atomic E-state index is 8.45. The Hall–Kier alpha value is -0.160. The van der Waals surface area contributed by atoms with Gasteiger partial charge in [0.15, 0.2) is 6.29 Å². The molecule has 0 aliphatic carbocycles. The van der Waals surface area contributed by atoms with Crippen LogP contribution in [-0.4, -0.2) is 24.5 Å². The Labute approximate surface area is 48.6 Å². The van der Waals surface area contributed by atoms with E-state index >= 15 is 0 Å². The normalized spacial score (nSPS) is 13.9. The summed E-state index contributed by atoms with van der Waals surface area (Å²) in [6.07, 6.45) is -0.762. The second-order valence-corrected chi connectivity index (χ2v) is 1.40. The van der Waals surface area contributed by atoms with E-state index in [-0.39, 0.29) is 0 Å². The van der Waals surface area contributed by atoms with Gasteiger partial charge in [0.25, 0.3) is 0 Å². The molecule has 1 atom stereocenters. The van der Waals surface area contributed by atoms with Crippen molar-refractivity contribution in [2.75, 3.05) is 13.1 Å². The summed E-state index contributed by atoms with van der Waals surface area (Å²) in [6, 6.07) is 0. The van der Waals surface area contributed by atoms with Crippen LogP contribution in [0.15, 0.2) is 0 Å². The molecule has 0 aromatic rings. The van der Waals surface area contributed by atoms with Crippen molar-refractivity contribution in [3.8, 4) is 0 Å². The van der Waals surface area contributed by atoms with Crippen molar-refractivity contribution in [1.82, 2.24) is 5.48 Å². The number of hydroxylamine groups is 1. The van der Waals surface area contributed by atoms with Crippen LogP contribution in [0.25, 0.3) is 0 Å². The molecular weight excluding hydrogens is 108 g/mol. The first kappa shape index (κ1) is 7.84. The van der Waals surface area contributed by atoms with Gasteiger partial charge in [-0.15, -0.1) is 0 Å². The third-order valence-electron chi connectivity index (χ3n) is 0.500. The maximum Gasteiger partial charge on any atom is 0.171 e. The van der Waals surface area contributed by atoms with Crippen molar-refractivity contribution in [3.63, 3.8) is 0 Å². The van der Waals surface area contributed by atoms with Crippen molar-refractivity contribution in [1.29, 1.82) is 0 Å². The van der Waals surface area contributed by atoms with Gasteiger partial charge in [-0.1, -0.05) is 0 Å². The van der Waals surface area contributed by atoms with Gasteiger partial charge in [0.05, 0.1) is 0 Å². The average Bonchev–Trinajstić information content (AvgIpc) is 1.66. The van der Waals surface area contributed by atoms with E-state index in [1.807, 2.05) is 0 Å². The van der Waals surface area contributed by atoms with Crippen molar-refractivity contribution >= 4 is 0 Å². The van der Waals surface area contributed by atoms with E-state index in [1.165, 1.54) is 6.92 Å². The standard InChI is InChI=1S/C4H12N2O2/c1-4(7)8-6-3-2-5/h4,6-7H,2-3,5H2,1H3. The predicted octanol–water partition coefficient (Wildman–Crippen LogP) is -1.20. The van der Waals surface area contributed by atoms with Gasteiger partial charge in [0.1, 0.15) is 0 Å². The molecule has 0 bridgehead atoms. The number of aliphatic hydroxyl groups is 1. The predicted molar refractivity (Wildman–Crippen MR) is 29.8 cm³/mol. The molecule has 4 N–H and O–H groups in total. The van der Waals surface area contributed by atoms with E-state index in [0.717, 1.165) is 0 Å². The third-order valence-corrected chi connectivity index (χ3v) is 0.500. The molecule has 0 aliphatic heterocycles. The minimum absolute atomic E-state index is 0.507. The number of aliphatic hydroxyl groups excluding tert-OH is 1. The summed E-state index contributed by atoms with van der Waals surface area (Å²) in [4.78, 5) is 4.51. The molecule has 8 heavy (non-hydrogen) atoms. The highest BCUT2D eigenvalue weighted by molar-refractivity contribution is 4.31. The lowest BCUT2D eigenvalue weighted by atomic mass is 10.7. The Morgan fingerprint density at radius 3 is 2.88 bits per heavy atom. The van der Waals surface area contributed by atoms with Gasteiger partial charge >= 0.3 is 0 Å². The Morgan fingerprint density at radius 1 is 1.88 bits per heavy atom. The average molecular weight is 120 g/mol. The van der Waals surface area contributed by atoms with E-state index < -0.39 is 6.29 Å². The van der Waals surface area contributed by atoms with E-state index in [2.05, 4.69) is 10.3 Å². The zero-order valence-electron chi connectivity index (χ0n) is 4.92. The number of rotatable bonds is 4. The highest BCUT2D eigenvalue weighted by Gasteiger charge is 1.89. The molecule has 0 fully saturated rings. The highest BCUT2D eigenvalue weighted by atomic mass is 16.7. The summed E-state index contributed by atoms with van der Waals surface area (Å²) >= 11 is 0. The minimum Gasteiger partial charge on any atom is -0.367 e. The van der Waals surface area contributed by atoms with Crippen LogP contribution in [0.5, 0.6) is 0 Å². The van der Waals surface area contributed by atoms with Crippen LogP contribution in [0, 0.1) is 0 Å². The molecule has 50 valence electrons. The van der Waals surface area contributed by atoms with E-state index in [4.69, 9.17) is 10.8 Å². The second-order valence-electron chi connectivity index (χ2n) is 1.40. The number of nitrogens with one attached hydrogen (secondary N) is 1. The van der Waals surface area contributed by atoms with Gasteiger partial charge in [-0.25, -0.2) is 0 Å². The van der Waals surface area contributed by atoms with Crippen LogP contribution in [0.4, 0.5) is 0 Å². The van der Waals surface area contributed by atoms with Crippen LogP contribution in [0.1, 0.15) is 6.92 Å². The van der Waals surface area contributed by atoms with Crippen LogP contribution in [0.3, 0.4) is 0 Å². The summed E-state index contributed by atoms with van der Waals surface area (Å²) in [6.45, 7) is 2.58. The molecule has 1 unspecified atom stereocenters. The SMILES string of the molecule is CC(O)ONCCN. The molecule has 0 saturated carbocycles. The highest BCUT2D eigenvalue weighted by Crippen LogP contribution is 1.74. The van der Waals surface area contributed by atoms with E-state index in [1.54, 1.807) is 0 Å².